The molecule has 0 saturated heterocycles. The summed E-state index contributed by atoms with van der Waals surface area (Å²) >= 11 is 4.68. The molecule has 0 nitrogen and oxygen atoms in total. The Morgan fingerprint density at radius 2 is 1.71 bits per heavy atom. The van der Waals surface area contributed by atoms with E-state index in [9.17, 15) is 0 Å². The standard InChI is InChI=1S/C13H12S/c14-4-3-10(4)5-6(10)11(5)8-12-7(13(8,11)12)9(12)1-2-9/h4-8,14H,1-3H2/t4-,5?,6?,7?,8?,10?,11?,12?,13?/m1/s1. The second kappa shape index (κ2) is 0.871. The van der Waals surface area contributed by atoms with E-state index in [1.54, 1.807) is 12.8 Å². The molecule has 0 aromatic heterocycles. The van der Waals surface area contributed by atoms with Gasteiger partial charge < -0.3 is 0 Å². The van der Waals surface area contributed by atoms with Gasteiger partial charge in [0.05, 0.1) is 0 Å². The van der Waals surface area contributed by atoms with E-state index in [-0.39, 0.29) is 0 Å². The Hall–Kier alpha value is 0.350. The third kappa shape index (κ3) is 0.183. The molecule has 7 atom stereocenters. The Morgan fingerprint density at radius 1 is 1.00 bits per heavy atom. The van der Waals surface area contributed by atoms with Crippen molar-refractivity contribution >= 4 is 12.6 Å². The third-order valence-electron chi connectivity index (χ3n) is 8.84. The Morgan fingerprint density at radius 3 is 2.14 bits per heavy atom. The molecule has 6 unspecified atom stereocenters. The van der Waals surface area contributed by atoms with Crippen molar-refractivity contribution in [2.24, 2.45) is 50.7 Å². The van der Waals surface area contributed by atoms with Gasteiger partial charge in [-0.15, -0.1) is 0 Å². The zero-order chi connectivity index (χ0) is 8.51. The number of hydrogen-bond donors (Lipinski definition) is 1. The molecule has 8 fully saturated rings. The molecule has 8 rings (SSSR count). The van der Waals surface area contributed by atoms with E-state index in [1.807, 2.05) is 0 Å². The molecule has 0 bridgehead atoms. The van der Waals surface area contributed by atoms with Crippen LogP contribution in [0.3, 0.4) is 0 Å². The number of fused-ring (bicyclic) bond motifs is 7. The van der Waals surface area contributed by atoms with Gasteiger partial charge in [-0.1, -0.05) is 0 Å². The summed E-state index contributed by atoms with van der Waals surface area (Å²) in [5.41, 5.74) is 5.18. The van der Waals surface area contributed by atoms with Gasteiger partial charge in [0.2, 0.25) is 0 Å². The van der Waals surface area contributed by atoms with Gasteiger partial charge in [0.1, 0.15) is 0 Å². The topological polar surface area (TPSA) is 0 Å². The van der Waals surface area contributed by atoms with E-state index < -0.39 is 0 Å². The molecule has 1 heteroatoms. The van der Waals surface area contributed by atoms with Crippen molar-refractivity contribution in [2.45, 2.75) is 24.5 Å². The summed E-state index contributed by atoms with van der Waals surface area (Å²) in [6.07, 6.45) is 4.78. The van der Waals surface area contributed by atoms with Gasteiger partial charge in [-0.25, -0.2) is 0 Å². The molecule has 70 valence electrons. The molecule has 14 heavy (non-hydrogen) atoms. The van der Waals surface area contributed by atoms with E-state index in [4.69, 9.17) is 0 Å². The molecule has 0 radical (unpaired) electrons. The Bertz CT molecular complexity index is 521. The fourth-order valence-electron chi connectivity index (χ4n) is 8.72. The molecule has 8 aliphatic rings. The van der Waals surface area contributed by atoms with Gasteiger partial charge in [0, 0.05) is 5.25 Å². The van der Waals surface area contributed by atoms with Crippen LogP contribution in [0, 0.1) is 50.7 Å². The van der Waals surface area contributed by atoms with Crippen molar-refractivity contribution < 1.29 is 0 Å². The molecule has 8 saturated carbocycles. The zero-order valence-electron chi connectivity index (χ0n) is 7.96. The van der Waals surface area contributed by atoms with Gasteiger partial charge in [-0.05, 0) is 70.0 Å². The molecule has 0 aromatic rings. The summed E-state index contributed by atoms with van der Waals surface area (Å²) in [7, 11) is 0. The van der Waals surface area contributed by atoms with E-state index >= 15 is 0 Å². The monoisotopic (exact) mass is 200 g/mol. The normalized spacial score (nSPS) is 106. The average Bonchev–Trinajstić information content (AvgIpc) is 2.81. The Balaban J connectivity index is 1.28. The van der Waals surface area contributed by atoms with Crippen molar-refractivity contribution in [3.63, 3.8) is 0 Å². The first-order chi connectivity index (χ1) is 6.81. The van der Waals surface area contributed by atoms with Gasteiger partial charge in [-0.3, -0.25) is 0 Å². The largest absolute Gasteiger partial charge is 0.175 e. The highest BCUT2D eigenvalue weighted by Gasteiger charge is 3.39. The summed E-state index contributed by atoms with van der Waals surface area (Å²) in [6, 6.07) is 0. The highest BCUT2D eigenvalue weighted by atomic mass is 32.1. The van der Waals surface area contributed by atoms with Crippen LogP contribution in [-0.4, -0.2) is 5.25 Å². The Kier molecular flexibility index (Phi) is 0.349. The maximum absolute atomic E-state index is 4.68. The predicted molar refractivity (Wildman–Crippen MR) is 52.8 cm³/mol. The lowest BCUT2D eigenvalue weighted by Gasteiger charge is -2.21. The molecule has 5 spiro atoms. The molecule has 0 aromatic carbocycles. The third-order valence-corrected chi connectivity index (χ3v) is 9.50. The first kappa shape index (κ1) is 5.61. The smallest absolute Gasteiger partial charge is 0.00855 e. The average molecular weight is 200 g/mol. The van der Waals surface area contributed by atoms with Crippen LogP contribution in [0.4, 0.5) is 0 Å². The minimum absolute atomic E-state index is 0.848. The van der Waals surface area contributed by atoms with Gasteiger partial charge in [0.15, 0.2) is 0 Å². The minimum atomic E-state index is 0.848. The fourth-order valence-corrected chi connectivity index (χ4v) is 9.36. The van der Waals surface area contributed by atoms with Crippen LogP contribution in [0.2, 0.25) is 0 Å². The molecular weight excluding hydrogens is 188 g/mol. The number of hydrogen-bond acceptors (Lipinski definition) is 1. The first-order valence-corrected chi connectivity index (χ1v) is 7.00. The van der Waals surface area contributed by atoms with Crippen LogP contribution >= 0.6 is 12.6 Å². The lowest BCUT2D eigenvalue weighted by atomic mass is 9.82. The number of rotatable bonds is 0. The van der Waals surface area contributed by atoms with Gasteiger partial charge in [0.25, 0.3) is 0 Å². The molecular formula is C13H12S. The first-order valence-electron chi connectivity index (χ1n) is 6.49. The second-order valence-corrected chi connectivity index (χ2v) is 8.60. The molecule has 0 heterocycles. The highest BCUT2D eigenvalue weighted by molar-refractivity contribution is 7.81. The van der Waals surface area contributed by atoms with Crippen molar-refractivity contribution in [2.75, 3.05) is 0 Å². The molecule has 0 aliphatic heterocycles. The summed E-state index contributed by atoms with van der Waals surface area (Å²) in [6.45, 7) is 0. The quantitative estimate of drug-likeness (QED) is 0.568. The van der Waals surface area contributed by atoms with Crippen LogP contribution in [0.25, 0.3) is 0 Å². The van der Waals surface area contributed by atoms with Crippen LogP contribution in [-0.2, 0) is 0 Å². The van der Waals surface area contributed by atoms with Crippen molar-refractivity contribution in [1.29, 1.82) is 0 Å². The SMILES string of the molecule is S[C@@H]1CC12C1C2C12C1C34C(C35CC5)C124. The summed E-state index contributed by atoms with van der Waals surface area (Å²) in [5, 5.41) is 0.848. The van der Waals surface area contributed by atoms with Crippen LogP contribution in [0.5, 0.6) is 0 Å². The lowest BCUT2D eigenvalue weighted by molar-refractivity contribution is 0.250. The van der Waals surface area contributed by atoms with E-state index in [2.05, 4.69) is 12.6 Å². The number of thiol groups is 1. The summed E-state index contributed by atoms with van der Waals surface area (Å²) in [4.78, 5) is 0. The minimum Gasteiger partial charge on any atom is -0.175 e. The highest BCUT2D eigenvalue weighted by Crippen LogP contribution is 3.42. The van der Waals surface area contributed by atoms with Gasteiger partial charge in [-0.2, -0.15) is 12.6 Å². The van der Waals surface area contributed by atoms with E-state index in [1.165, 1.54) is 30.1 Å². The Labute approximate surface area is 88.2 Å². The van der Waals surface area contributed by atoms with E-state index in [0.29, 0.717) is 0 Å². The van der Waals surface area contributed by atoms with Crippen molar-refractivity contribution in [3.05, 3.63) is 0 Å². The molecule has 0 amide bonds. The summed E-state index contributed by atoms with van der Waals surface area (Å²) in [5.74, 6) is 5.15. The van der Waals surface area contributed by atoms with Crippen molar-refractivity contribution in [1.82, 2.24) is 0 Å². The van der Waals surface area contributed by atoms with Crippen LogP contribution in [0.15, 0.2) is 0 Å². The predicted octanol–water partition coefficient (Wildman–Crippen LogP) is 1.96. The van der Waals surface area contributed by atoms with Gasteiger partial charge >= 0.3 is 0 Å². The zero-order valence-corrected chi connectivity index (χ0v) is 8.85. The lowest BCUT2D eigenvalue weighted by Crippen LogP contribution is -2.19. The van der Waals surface area contributed by atoms with E-state index in [0.717, 1.165) is 32.3 Å². The summed E-state index contributed by atoms with van der Waals surface area (Å²) < 4.78 is 0. The fraction of sp³-hybridized carbons (Fsp3) is 1.00. The second-order valence-electron chi connectivity index (χ2n) is 7.98. The molecule has 8 aliphatic carbocycles. The maximum Gasteiger partial charge on any atom is 0.00855 e. The maximum atomic E-state index is 4.68. The van der Waals surface area contributed by atoms with Crippen LogP contribution in [0.1, 0.15) is 19.3 Å². The molecule has 0 N–H and O–H groups in total. The van der Waals surface area contributed by atoms with Crippen molar-refractivity contribution in [3.8, 4) is 0 Å². The van der Waals surface area contributed by atoms with Crippen LogP contribution < -0.4 is 0 Å².